The summed E-state index contributed by atoms with van der Waals surface area (Å²) < 4.78 is 0. The number of carbonyl (C=O) groups excluding carboxylic acids is 1. The lowest BCUT2D eigenvalue weighted by Gasteiger charge is -2.24. The summed E-state index contributed by atoms with van der Waals surface area (Å²) in [6, 6.07) is 15.4. The van der Waals surface area contributed by atoms with Crippen molar-refractivity contribution in [2.24, 2.45) is 11.8 Å². The van der Waals surface area contributed by atoms with Crippen LogP contribution in [0.15, 0.2) is 54.7 Å². The highest BCUT2D eigenvalue weighted by Crippen LogP contribution is 2.21. The van der Waals surface area contributed by atoms with Crippen LogP contribution >= 0.6 is 0 Å². The number of urea groups is 1. The lowest BCUT2D eigenvalue weighted by molar-refractivity contribution is 0.210. The van der Waals surface area contributed by atoms with Crippen LogP contribution in [0.25, 0.3) is 0 Å². The molecule has 134 valence electrons. The zero-order valence-corrected chi connectivity index (χ0v) is 14.9. The number of aliphatic hydroxyl groups excluding tert-OH is 1. The molecule has 1 aromatic carbocycles. The summed E-state index contributed by atoms with van der Waals surface area (Å²) in [6.45, 7) is 4.56. The summed E-state index contributed by atoms with van der Waals surface area (Å²) in [5.74, 6) is 0.213. The van der Waals surface area contributed by atoms with Crippen molar-refractivity contribution in [1.82, 2.24) is 15.6 Å². The van der Waals surface area contributed by atoms with Crippen LogP contribution in [0.1, 0.15) is 31.1 Å². The quantitative estimate of drug-likeness (QED) is 0.691. The average molecular weight is 341 g/mol. The van der Waals surface area contributed by atoms with Crippen molar-refractivity contribution in [3.05, 3.63) is 66.0 Å². The molecule has 2 aromatic rings. The van der Waals surface area contributed by atoms with Crippen molar-refractivity contribution < 1.29 is 9.90 Å². The molecule has 2 unspecified atom stereocenters. The minimum absolute atomic E-state index is 0.00312. The third-order valence-electron chi connectivity index (χ3n) is 4.15. The molecule has 2 rings (SSSR count). The van der Waals surface area contributed by atoms with Crippen LogP contribution in [0, 0.1) is 11.8 Å². The molecule has 2 atom stereocenters. The highest BCUT2D eigenvalue weighted by molar-refractivity contribution is 5.74. The Labute approximate surface area is 149 Å². The SMILES string of the molecule is CC(C)C(NC(=O)NCC(CO)Cc1ccccn1)c1ccccc1. The van der Waals surface area contributed by atoms with Gasteiger partial charge in [-0.2, -0.15) is 0 Å². The monoisotopic (exact) mass is 341 g/mol. The second-order valence-corrected chi connectivity index (χ2v) is 6.56. The van der Waals surface area contributed by atoms with E-state index in [2.05, 4.69) is 29.5 Å². The van der Waals surface area contributed by atoms with E-state index in [1.807, 2.05) is 48.5 Å². The molecular formula is C20H27N3O2. The number of benzene rings is 1. The fraction of sp³-hybridized carbons (Fsp3) is 0.400. The molecule has 2 amide bonds. The molecule has 5 nitrogen and oxygen atoms in total. The second kappa shape index (κ2) is 9.79. The van der Waals surface area contributed by atoms with Crippen LogP contribution < -0.4 is 10.6 Å². The fourth-order valence-corrected chi connectivity index (χ4v) is 2.74. The van der Waals surface area contributed by atoms with Crippen LogP contribution in [-0.4, -0.2) is 29.3 Å². The Hall–Kier alpha value is -2.40. The number of nitrogens with one attached hydrogen (secondary N) is 2. The third-order valence-corrected chi connectivity index (χ3v) is 4.15. The minimum Gasteiger partial charge on any atom is -0.396 e. The number of rotatable bonds is 8. The average Bonchev–Trinajstić information content (AvgIpc) is 2.64. The van der Waals surface area contributed by atoms with E-state index in [1.165, 1.54) is 0 Å². The van der Waals surface area contributed by atoms with E-state index < -0.39 is 0 Å². The number of aromatic nitrogens is 1. The van der Waals surface area contributed by atoms with E-state index in [4.69, 9.17) is 0 Å². The predicted molar refractivity (Wildman–Crippen MR) is 99.1 cm³/mol. The number of pyridine rings is 1. The smallest absolute Gasteiger partial charge is 0.315 e. The van der Waals surface area contributed by atoms with Crippen molar-refractivity contribution in [3.63, 3.8) is 0 Å². The summed E-state index contributed by atoms with van der Waals surface area (Å²) in [7, 11) is 0. The normalized spacial score (nSPS) is 13.3. The Kier molecular flexibility index (Phi) is 7.41. The van der Waals surface area contributed by atoms with Gasteiger partial charge in [-0.1, -0.05) is 50.2 Å². The van der Waals surface area contributed by atoms with Crippen LogP contribution in [0.2, 0.25) is 0 Å². The van der Waals surface area contributed by atoms with Gasteiger partial charge in [-0.25, -0.2) is 4.79 Å². The Morgan fingerprint density at radius 1 is 1.12 bits per heavy atom. The van der Waals surface area contributed by atoms with Gasteiger partial charge in [0, 0.05) is 31.0 Å². The molecule has 0 saturated carbocycles. The lowest BCUT2D eigenvalue weighted by atomic mass is 9.96. The first-order valence-corrected chi connectivity index (χ1v) is 8.70. The van der Waals surface area contributed by atoms with E-state index in [9.17, 15) is 9.90 Å². The van der Waals surface area contributed by atoms with Gasteiger partial charge in [0.05, 0.1) is 6.04 Å². The molecule has 0 aliphatic rings. The van der Waals surface area contributed by atoms with E-state index in [0.717, 1.165) is 11.3 Å². The van der Waals surface area contributed by atoms with Crippen LogP contribution in [0.5, 0.6) is 0 Å². The van der Waals surface area contributed by atoms with Crippen molar-refractivity contribution >= 4 is 6.03 Å². The van der Waals surface area contributed by atoms with E-state index in [1.54, 1.807) is 6.20 Å². The topological polar surface area (TPSA) is 74.2 Å². The number of amides is 2. The first kappa shape index (κ1) is 18.9. The summed E-state index contributed by atoms with van der Waals surface area (Å²) in [6.07, 6.45) is 2.36. The first-order chi connectivity index (χ1) is 12.1. The van der Waals surface area contributed by atoms with Crippen LogP contribution in [0.3, 0.4) is 0 Å². The highest BCUT2D eigenvalue weighted by atomic mass is 16.3. The second-order valence-electron chi connectivity index (χ2n) is 6.56. The Morgan fingerprint density at radius 3 is 2.44 bits per heavy atom. The highest BCUT2D eigenvalue weighted by Gasteiger charge is 2.18. The maximum absolute atomic E-state index is 12.3. The van der Waals surface area contributed by atoms with E-state index >= 15 is 0 Å². The molecule has 0 saturated heterocycles. The minimum atomic E-state index is -0.220. The largest absolute Gasteiger partial charge is 0.396 e. The number of hydrogen-bond donors (Lipinski definition) is 3. The van der Waals surface area contributed by atoms with E-state index in [0.29, 0.717) is 13.0 Å². The molecule has 1 aromatic heterocycles. The molecule has 3 N–H and O–H groups in total. The standard InChI is InChI=1S/C20H27N3O2/c1-15(2)19(17-8-4-3-5-9-17)23-20(25)22-13-16(14-24)12-18-10-6-7-11-21-18/h3-11,15-16,19,24H,12-14H2,1-2H3,(H2,22,23,25). The van der Waals surface area contributed by atoms with Gasteiger partial charge in [-0.15, -0.1) is 0 Å². The van der Waals surface area contributed by atoms with Crippen molar-refractivity contribution in [1.29, 1.82) is 0 Å². The van der Waals surface area contributed by atoms with Crippen LogP contribution in [0.4, 0.5) is 4.79 Å². The van der Waals surface area contributed by atoms with Gasteiger partial charge in [0.1, 0.15) is 0 Å². The molecule has 0 radical (unpaired) electrons. The molecule has 0 aliphatic carbocycles. The van der Waals surface area contributed by atoms with Gasteiger partial charge in [0.25, 0.3) is 0 Å². The lowest BCUT2D eigenvalue weighted by Crippen LogP contribution is -2.42. The van der Waals surface area contributed by atoms with Crippen molar-refractivity contribution in [3.8, 4) is 0 Å². The molecule has 0 fully saturated rings. The Balaban J connectivity index is 1.87. The van der Waals surface area contributed by atoms with Crippen molar-refractivity contribution in [2.45, 2.75) is 26.3 Å². The molecule has 5 heteroatoms. The van der Waals surface area contributed by atoms with E-state index in [-0.39, 0.29) is 30.5 Å². The van der Waals surface area contributed by atoms with Gasteiger partial charge in [0.15, 0.2) is 0 Å². The summed E-state index contributed by atoms with van der Waals surface area (Å²) in [4.78, 5) is 16.5. The van der Waals surface area contributed by atoms with Gasteiger partial charge in [0.2, 0.25) is 0 Å². The molecule has 0 bridgehead atoms. The fourth-order valence-electron chi connectivity index (χ4n) is 2.74. The zero-order chi connectivity index (χ0) is 18.1. The molecular weight excluding hydrogens is 314 g/mol. The van der Waals surface area contributed by atoms with Gasteiger partial charge in [-0.05, 0) is 30.0 Å². The summed E-state index contributed by atoms with van der Waals surface area (Å²) in [5.41, 5.74) is 1.99. The predicted octanol–water partition coefficient (Wildman–Crippen LogP) is 2.93. The molecule has 0 spiro atoms. The number of aliphatic hydroxyl groups is 1. The number of carbonyl (C=O) groups is 1. The molecule has 25 heavy (non-hydrogen) atoms. The summed E-state index contributed by atoms with van der Waals surface area (Å²) in [5, 5.41) is 15.4. The maximum atomic E-state index is 12.3. The third kappa shape index (κ3) is 6.19. The molecule has 1 heterocycles. The van der Waals surface area contributed by atoms with Gasteiger partial charge >= 0.3 is 6.03 Å². The first-order valence-electron chi connectivity index (χ1n) is 8.70. The van der Waals surface area contributed by atoms with Gasteiger partial charge < -0.3 is 15.7 Å². The number of nitrogens with zero attached hydrogens (tertiary/aromatic N) is 1. The zero-order valence-electron chi connectivity index (χ0n) is 14.9. The van der Waals surface area contributed by atoms with Crippen LogP contribution in [-0.2, 0) is 6.42 Å². The summed E-state index contributed by atoms with van der Waals surface area (Å²) >= 11 is 0. The molecule has 0 aliphatic heterocycles. The number of hydrogen-bond acceptors (Lipinski definition) is 3. The Bertz CT molecular complexity index is 632. The Morgan fingerprint density at radius 2 is 1.84 bits per heavy atom. The van der Waals surface area contributed by atoms with Crippen molar-refractivity contribution in [2.75, 3.05) is 13.2 Å². The van der Waals surface area contributed by atoms with Gasteiger partial charge in [-0.3, -0.25) is 4.98 Å². The maximum Gasteiger partial charge on any atom is 0.315 e.